The van der Waals surface area contributed by atoms with Gasteiger partial charge in [0.05, 0.1) is 0 Å². The average molecular weight is 233 g/mol. The van der Waals surface area contributed by atoms with E-state index in [0.29, 0.717) is 5.15 Å². The summed E-state index contributed by atoms with van der Waals surface area (Å²) in [5.74, 6) is 0. The molecule has 2 aromatic rings. The summed E-state index contributed by atoms with van der Waals surface area (Å²) in [5.41, 5.74) is 2.34. The molecule has 16 heavy (non-hydrogen) atoms. The highest BCUT2D eigenvalue weighted by Crippen LogP contribution is 2.14. The van der Waals surface area contributed by atoms with Crippen LogP contribution in [0.25, 0.3) is 0 Å². The van der Waals surface area contributed by atoms with Gasteiger partial charge < -0.3 is 0 Å². The van der Waals surface area contributed by atoms with Crippen LogP contribution in [-0.2, 0) is 6.54 Å². The Hall–Kier alpha value is -1.38. The summed E-state index contributed by atoms with van der Waals surface area (Å²) in [4.78, 5) is 6.24. The summed E-state index contributed by atoms with van der Waals surface area (Å²) < 4.78 is 0. The lowest BCUT2D eigenvalue weighted by Crippen LogP contribution is -2.17. The monoisotopic (exact) mass is 232 g/mol. The van der Waals surface area contributed by atoms with Crippen LogP contribution >= 0.6 is 11.6 Å². The molecule has 0 aliphatic rings. The molecule has 0 atom stereocenters. The van der Waals surface area contributed by atoms with Gasteiger partial charge in [-0.3, -0.25) is 0 Å². The van der Waals surface area contributed by atoms with E-state index in [1.807, 2.05) is 36.5 Å². The summed E-state index contributed by atoms with van der Waals surface area (Å²) >= 11 is 5.74. The fourth-order valence-corrected chi connectivity index (χ4v) is 1.66. The Morgan fingerprint density at radius 3 is 2.50 bits per heavy atom. The van der Waals surface area contributed by atoms with E-state index in [1.54, 1.807) is 0 Å². The van der Waals surface area contributed by atoms with Crippen molar-refractivity contribution in [1.82, 2.24) is 9.88 Å². The minimum absolute atomic E-state index is 0.533. The second-order valence-electron chi connectivity index (χ2n) is 3.68. The van der Waals surface area contributed by atoms with E-state index in [2.05, 4.69) is 29.1 Å². The maximum absolute atomic E-state index is 5.74. The zero-order valence-corrected chi connectivity index (χ0v) is 9.85. The standard InChI is InChI=1S/C13H13ClN2/c1-16(12-5-3-2-4-6-12)10-11-7-8-13(14)15-9-11/h2-9H,10H2,1H3/q+1. The molecule has 1 aromatic carbocycles. The molecule has 0 saturated heterocycles. The van der Waals surface area contributed by atoms with Gasteiger partial charge in [-0.05, 0) is 12.1 Å². The van der Waals surface area contributed by atoms with Gasteiger partial charge in [-0.25, -0.2) is 4.98 Å². The van der Waals surface area contributed by atoms with Gasteiger partial charge in [-0.2, -0.15) is 0 Å². The molecule has 0 unspecified atom stereocenters. The van der Waals surface area contributed by atoms with Gasteiger partial charge in [0.15, 0.2) is 12.2 Å². The van der Waals surface area contributed by atoms with Crippen molar-refractivity contribution < 1.29 is 0 Å². The zero-order chi connectivity index (χ0) is 11.4. The summed E-state index contributed by atoms with van der Waals surface area (Å²) in [5, 5.41) is 0.533. The van der Waals surface area contributed by atoms with Crippen LogP contribution in [0.2, 0.25) is 5.15 Å². The van der Waals surface area contributed by atoms with Gasteiger partial charge in [0, 0.05) is 23.9 Å². The van der Waals surface area contributed by atoms with Crippen LogP contribution < -0.4 is 4.90 Å². The van der Waals surface area contributed by atoms with E-state index in [1.165, 1.54) is 5.69 Å². The number of anilines is 1. The van der Waals surface area contributed by atoms with Gasteiger partial charge in [0.25, 0.3) is 0 Å². The molecule has 81 valence electrons. The third kappa shape index (κ3) is 2.81. The molecule has 0 bridgehead atoms. The molecular weight excluding hydrogens is 220 g/mol. The van der Waals surface area contributed by atoms with Crippen LogP contribution in [0.15, 0.2) is 48.7 Å². The zero-order valence-electron chi connectivity index (χ0n) is 9.10. The number of benzene rings is 1. The van der Waals surface area contributed by atoms with Crippen LogP contribution in [0.4, 0.5) is 5.69 Å². The van der Waals surface area contributed by atoms with Crippen molar-refractivity contribution in [3.05, 3.63) is 59.4 Å². The van der Waals surface area contributed by atoms with E-state index in [-0.39, 0.29) is 0 Å². The average Bonchev–Trinajstić information content (AvgIpc) is 2.33. The summed E-state index contributed by atoms with van der Waals surface area (Å²) in [6.45, 7) is 0.828. The third-order valence-electron chi connectivity index (χ3n) is 2.41. The Morgan fingerprint density at radius 2 is 1.88 bits per heavy atom. The number of nitrogens with zero attached hydrogens (tertiary/aromatic N) is 2. The first kappa shape index (κ1) is 11.1. The van der Waals surface area contributed by atoms with Crippen molar-refractivity contribution in [2.45, 2.75) is 6.54 Å². The predicted molar refractivity (Wildman–Crippen MR) is 67.1 cm³/mol. The lowest BCUT2D eigenvalue weighted by molar-refractivity contribution is 0.622. The fourth-order valence-electron chi connectivity index (χ4n) is 1.55. The van der Waals surface area contributed by atoms with Crippen LogP contribution in [0, 0.1) is 0 Å². The quantitative estimate of drug-likeness (QED) is 0.587. The largest absolute Gasteiger partial charge is 0.244 e. The first-order chi connectivity index (χ1) is 7.75. The Morgan fingerprint density at radius 1 is 1.12 bits per heavy atom. The number of rotatable bonds is 3. The number of halogens is 1. The van der Waals surface area contributed by atoms with Gasteiger partial charge in [-0.15, -0.1) is 4.90 Å². The molecule has 0 fully saturated rings. The maximum Gasteiger partial charge on any atom is 0.180 e. The van der Waals surface area contributed by atoms with Gasteiger partial charge in [-0.1, -0.05) is 29.8 Å². The molecule has 0 N–H and O–H groups in total. The van der Waals surface area contributed by atoms with Gasteiger partial charge in [0.2, 0.25) is 0 Å². The molecule has 2 nitrogen and oxygen atoms in total. The van der Waals surface area contributed by atoms with Crippen LogP contribution in [0.3, 0.4) is 0 Å². The summed E-state index contributed by atoms with van der Waals surface area (Å²) in [6.07, 6.45) is 1.81. The Kier molecular flexibility index (Phi) is 3.54. The van der Waals surface area contributed by atoms with Gasteiger partial charge in [0.1, 0.15) is 12.2 Å². The molecule has 0 saturated carbocycles. The van der Waals surface area contributed by atoms with Crippen molar-refractivity contribution in [3.63, 3.8) is 0 Å². The van der Waals surface area contributed by atoms with Crippen LogP contribution in [-0.4, -0.2) is 12.0 Å². The molecule has 0 aliphatic carbocycles. The maximum atomic E-state index is 5.74. The SMILES string of the molecule is C[N+](Cc1ccc(Cl)nc1)c1ccccc1. The highest BCUT2D eigenvalue weighted by atomic mass is 35.5. The van der Waals surface area contributed by atoms with Gasteiger partial charge >= 0.3 is 0 Å². The smallest absolute Gasteiger partial charge is 0.180 e. The van der Waals surface area contributed by atoms with E-state index >= 15 is 0 Å². The molecule has 0 spiro atoms. The van der Waals surface area contributed by atoms with Crippen molar-refractivity contribution in [1.29, 1.82) is 0 Å². The highest BCUT2D eigenvalue weighted by molar-refractivity contribution is 6.29. The first-order valence-corrected chi connectivity index (χ1v) is 5.50. The van der Waals surface area contributed by atoms with Crippen molar-refractivity contribution in [2.75, 3.05) is 7.05 Å². The normalized spacial score (nSPS) is 10.7. The topological polar surface area (TPSA) is 18.8 Å². The van der Waals surface area contributed by atoms with E-state index < -0.39 is 0 Å². The van der Waals surface area contributed by atoms with Crippen LogP contribution in [0.1, 0.15) is 5.56 Å². The fraction of sp³-hybridized carbons (Fsp3) is 0.154. The second kappa shape index (κ2) is 5.10. The number of hydrogen-bond acceptors (Lipinski definition) is 2. The van der Waals surface area contributed by atoms with Crippen molar-refractivity contribution >= 4 is 17.3 Å². The highest BCUT2D eigenvalue weighted by Gasteiger charge is 2.12. The van der Waals surface area contributed by atoms with E-state index in [9.17, 15) is 0 Å². The predicted octanol–water partition coefficient (Wildman–Crippen LogP) is 3.34. The summed E-state index contributed by atoms with van der Waals surface area (Å²) in [7, 11) is 2.06. The molecule has 1 radical (unpaired) electrons. The first-order valence-electron chi connectivity index (χ1n) is 5.12. The van der Waals surface area contributed by atoms with E-state index in [4.69, 9.17) is 11.6 Å². The third-order valence-corrected chi connectivity index (χ3v) is 2.63. The number of aromatic nitrogens is 1. The minimum Gasteiger partial charge on any atom is -0.244 e. The lowest BCUT2D eigenvalue weighted by atomic mass is 10.2. The molecule has 1 aromatic heterocycles. The lowest BCUT2D eigenvalue weighted by Gasteiger charge is -2.05. The minimum atomic E-state index is 0.533. The molecule has 0 amide bonds. The number of hydrogen-bond donors (Lipinski definition) is 0. The summed E-state index contributed by atoms with van der Waals surface area (Å²) in [6, 6.07) is 14.1. The number of para-hydroxylation sites is 1. The Bertz CT molecular complexity index is 439. The van der Waals surface area contributed by atoms with Crippen LogP contribution in [0.5, 0.6) is 0 Å². The number of pyridine rings is 1. The van der Waals surface area contributed by atoms with E-state index in [0.717, 1.165) is 12.1 Å². The molecular formula is C13H13ClN2+. The molecule has 1 heterocycles. The van der Waals surface area contributed by atoms with Crippen molar-refractivity contribution in [3.8, 4) is 0 Å². The Labute approximate surface area is 101 Å². The Balaban J connectivity index is 2.08. The second-order valence-corrected chi connectivity index (χ2v) is 4.07. The van der Waals surface area contributed by atoms with Crippen molar-refractivity contribution in [2.24, 2.45) is 0 Å². The molecule has 0 aliphatic heterocycles. The molecule has 2 rings (SSSR count). The molecule has 3 heteroatoms.